The molecule has 1 amide bonds. The third-order valence-corrected chi connectivity index (χ3v) is 5.10. The largest absolute Gasteiger partial charge is 0.481 e. The van der Waals surface area contributed by atoms with E-state index in [0.717, 1.165) is 10.0 Å². The van der Waals surface area contributed by atoms with Crippen LogP contribution in [0.1, 0.15) is 11.1 Å². The van der Waals surface area contributed by atoms with E-state index >= 15 is 0 Å². The molecule has 2 N–H and O–H groups in total. The maximum absolute atomic E-state index is 14.7. The number of rotatable bonds is 6. The molecule has 32 heavy (non-hydrogen) atoms. The van der Waals surface area contributed by atoms with Gasteiger partial charge >= 0.3 is 5.97 Å². The molecule has 1 heterocycles. The van der Waals surface area contributed by atoms with Crippen molar-refractivity contribution < 1.29 is 23.5 Å². The summed E-state index contributed by atoms with van der Waals surface area (Å²) < 4.78 is 21.3. The van der Waals surface area contributed by atoms with Crippen LogP contribution in [0.4, 0.5) is 10.1 Å². The first-order valence-electron chi connectivity index (χ1n) is 9.53. The molecule has 0 bridgehead atoms. The van der Waals surface area contributed by atoms with Gasteiger partial charge in [-0.3, -0.25) is 9.59 Å². The first-order chi connectivity index (χ1) is 15.4. The minimum absolute atomic E-state index is 0.0676. The van der Waals surface area contributed by atoms with Gasteiger partial charge in [0.1, 0.15) is 11.3 Å². The summed E-state index contributed by atoms with van der Waals surface area (Å²) in [6, 6.07) is 16.5. The second kappa shape index (κ2) is 9.15. The highest BCUT2D eigenvalue weighted by molar-refractivity contribution is 9.10. The molecule has 1 aromatic heterocycles. The van der Waals surface area contributed by atoms with E-state index in [0.29, 0.717) is 16.7 Å². The predicted octanol–water partition coefficient (Wildman–Crippen LogP) is 5.68. The smallest absolute Gasteiger partial charge is 0.307 e. The fourth-order valence-corrected chi connectivity index (χ4v) is 3.33. The number of anilines is 1. The van der Waals surface area contributed by atoms with Crippen molar-refractivity contribution in [2.75, 3.05) is 5.32 Å². The molecule has 0 aliphatic heterocycles. The maximum atomic E-state index is 14.7. The molecule has 0 aliphatic carbocycles. The van der Waals surface area contributed by atoms with Crippen LogP contribution in [-0.4, -0.2) is 22.0 Å². The lowest BCUT2D eigenvalue weighted by atomic mass is 10.1. The predicted molar refractivity (Wildman–Crippen MR) is 123 cm³/mol. The number of fused-ring (bicyclic) bond motifs is 1. The summed E-state index contributed by atoms with van der Waals surface area (Å²) in [7, 11) is 0. The summed E-state index contributed by atoms with van der Waals surface area (Å²) in [6.07, 6.45) is 2.88. The Balaban J connectivity index is 1.49. The normalized spacial score (nSPS) is 11.2. The van der Waals surface area contributed by atoms with Crippen LogP contribution in [0.25, 0.3) is 28.6 Å². The lowest BCUT2D eigenvalue weighted by Crippen LogP contribution is -2.08. The molecule has 0 unspecified atom stereocenters. The van der Waals surface area contributed by atoms with Crippen molar-refractivity contribution >= 4 is 50.7 Å². The molecule has 4 rings (SSSR count). The van der Waals surface area contributed by atoms with Crippen molar-refractivity contribution in [3.63, 3.8) is 0 Å². The number of carbonyl (C=O) groups excluding carboxylic acids is 1. The van der Waals surface area contributed by atoms with Crippen molar-refractivity contribution in [2.24, 2.45) is 0 Å². The Labute approximate surface area is 190 Å². The number of halogens is 2. The van der Waals surface area contributed by atoms with Crippen molar-refractivity contribution in [3.05, 3.63) is 88.2 Å². The van der Waals surface area contributed by atoms with E-state index in [1.54, 1.807) is 30.3 Å². The van der Waals surface area contributed by atoms with Crippen molar-refractivity contribution in [1.29, 1.82) is 0 Å². The minimum atomic E-state index is -0.955. The van der Waals surface area contributed by atoms with Crippen LogP contribution in [0, 0.1) is 5.82 Å². The van der Waals surface area contributed by atoms with Gasteiger partial charge < -0.3 is 14.8 Å². The molecular formula is C24H16BrFN2O4. The quantitative estimate of drug-likeness (QED) is 0.336. The molecule has 0 radical (unpaired) electrons. The first-order valence-corrected chi connectivity index (χ1v) is 10.3. The Morgan fingerprint density at radius 3 is 2.59 bits per heavy atom. The molecule has 6 nitrogen and oxygen atoms in total. The van der Waals surface area contributed by atoms with Crippen LogP contribution in [-0.2, 0) is 16.0 Å². The van der Waals surface area contributed by atoms with E-state index in [9.17, 15) is 14.0 Å². The van der Waals surface area contributed by atoms with Gasteiger partial charge in [-0.15, -0.1) is 0 Å². The Morgan fingerprint density at radius 2 is 1.88 bits per heavy atom. The van der Waals surface area contributed by atoms with Gasteiger partial charge in [0.05, 0.1) is 12.0 Å². The van der Waals surface area contributed by atoms with Crippen LogP contribution in [0.15, 0.2) is 75.6 Å². The lowest BCUT2D eigenvalue weighted by Gasteiger charge is -2.04. The van der Waals surface area contributed by atoms with Crippen LogP contribution in [0.5, 0.6) is 0 Å². The monoisotopic (exact) mass is 494 g/mol. The molecule has 0 saturated heterocycles. The number of hydrogen-bond acceptors (Lipinski definition) is 4. The van der Waals surface area contributed by atoms with Crippen LogP contribution in [0.2, 0.25) is 0 Å². The number of aliphatic carboxylic acids is 1. The molecule has 0 spiro atoms. The molecule has 0 atom stereocenters. The second-order valence-electron chi connectivity index (χ2n) is 6.96. The van der Waals surface area contributed by atoms with Crippen molar-refractivity contribution in [2.45, 2.75) is 6.42 Å². The van der Waals surface area contributed by atoms with E-state index < -0.39 is 17.7 Å². The van der Waals surface area contributed by atoms with Gasteiger partial charge in [0, 0.05) is 16.2 Å². The molecular weight excluding hydrogens is 479 g/mol. The maximum Gasteiger partial charge on any atom is 0.307 e. The number of carbonyl (C=O) groups is 2. The zero-order valence-electron chi connectivity index (χ0n) is 16.5. The Morgan fingerprint density at radius 1 is 1.09 bits per heavy atom. The van der Waals surface area contributed by atoms with Crippen LogP contribution < -0.4 is 5.32 Å². The summed E-state index contributed by atoms with van der Waals surface area (Å²) in [6.45, 7) is 0. The van der Waals surface area contributed by atoms with Gasteiger partial charge in [-0.1, -0.05) is 34.1 Å². The van der Waals surface area contributed by atoms with E-state index in [1.807, 2.05) is 24.3 Å². The Bertz CT molecular complexity index is 1350. The van der Waals surface area contributed by atoms with E-state index in [2.05, 4.69) is 26.2 Å². The number of oxazole rings is 1. The van der Waals surface area contributed by atoms with Crippen molar-refractivity contribution in [1.82, 2.24) is 4.98 Å². The van der Waals surface area contributed by atoms with Gasteiger partial charge in [0.15, 0.2) is 5.58 Å². The Hall–Kier alpha value is -3.78. The van der Waals surface area contributed by atoms with Crippen LogP contribution >= 0.6 is 15.9 Å². The number of benzene rings is 3. The van der Waals surface area contributed by atoms with Crippen LogP contribution in [0.3, 0.4) is 0 Å². The number of nitrogens with zero attached hydrogens (tertiary/aromatic N) is 1. The zero-order chi connectivity index (χ0) is 22.7. The molecule has 0 aliphatic rings. The van der Waals surface area contributed by atoms with Crippen molar-refractivity contribution in [3.8, 4) is 11.5 Å². The minimum Gasteiger partial charge on any atom is -0.481 e. The number of carboxylic acids is 1. The average molecular weight is 495 g/mol. The standard InChI is InChI=1S/C24H16BrFN2O4/c25-16-5-1-14(2-6-16)4-10-22(29)27-17-7-8-18(19(26)13-17)24-28-20-11-15(12-23(30)31)3-9-21(20)32-24/h1-11,13H,12H2,(H,27,29)(H,30,31)/b10-4+. The summed E-state index contributed by atoms with van der Waals surface area (Å²) in [5.74, 6) is -1.90. The molecule has 0 fully saturated rings. The topological polar surface area (TPSA) is 92.4 Å². The van der Waals surface area contributed by atoms with E-state index in [1.165, 1.54) is 18.2 Å². The highest BCUT2D eigenvalue weighted by Crippen LogP contribution is 2.28. The molecule has 0 saturated carbocycles. The molecule has 4 aromatic rings. The van der Waals surface area contributed by atoms with Gasteiger partial charge in [0.25, 0.3) is 0 Å². The summed E-state index contributed by atoms with van der Waals surface area (Å²) in [5, 5.41) is 11.5. The number of hydrogen-bond donors (Lipinski definition) is 2. The molecule has 160 valence electrons. The third-order valence-electron chi connectivity index (χ3n) is 4.57. The SMILES string of the molecule is O=C(O)Cc1ccc2oc(-c3ccc(NC(=O)/C=C/c4ccc(Br)cc4)cc3F)nc2c1. The number of nitrogens with one attached hydrogen (secondary N) is 1. The highest BCUT2D eigenvalue weighted by atomic mass is 79.9. The third kappa shape index (κ3) is 5.09. The van der Waals surface area contributed by atoms with E-state index in [4.69, 9.17) is 9.52 Å². The van der Waals surface area contributed by atoms with Gasteiger partial charge in [-0.25, -0.2) is 9.37 Å². The lowest BCUT2D eigenvalue weighted by molar-refractivity contribution is -0.136. The number of carboxylic acid groups (broad SMARTS) is 1. The van der Waals surface area contributed by atoms with Gasteiger partial charge in [0.2, 0.25) is 11.8 Å². The first kappa shape index (κ1) is 21.5. The van der Waals surface area contributed by atoms with Gasteiger partial charge in [-0.2, -0.15) is 0 Å². The summed E-state index contributed by atoms with van der Waals surface area (Å²) in [4.78, 5) is 27.3. The van der Waals surface area contributed by atoms with Gasteiger partial charge in [-0.05, 0) is 59.7 Å². The second-order valence-corrected chi connectivity index (χ2v) is 7.88. The number of amides is 1. The Kier molecular flexibility index (Phi) is 6.13. The zero-order valence-corrected chi connectivity index (χ0v) is 18.1. The molecule has 8 heteroatoms. The fourth-order valence-electron chi connectivity index (χ4n) is 3.07. The average Bonchev–Trinajstić information content (AvgIpc) is 3.16. The number of aromatic nitrogens is 1. The highest BCUT2D eigenvalue weighted by Gasteiger charge is 2.14. The fraction of sp³-hybridized carbons (Fsp3) is 0.0417. The summed E-state index contributed by atoms with van der Waals surface area (Å²) in [5.41, 5.74) is 2.70. The molecule has 3 aromatic carbocycles. The van der Waals surface area contributed by atoms with E-state index in [-0.39, 0.29) is 23.6 Å². The summed E-state index contributed by atoms with van der Waals surface area (Å²) >= 11 is 3.35.